The Hall–Kier alpha value is -2.41. The number of urea groups is 1. The zero-order chi connectivity index (χ0) is 16.0. The molecule has 1 aliphatic rings. The van der Waals surface area contributed by atoms with Crippen molar-refractivity contribution in [1.82, 2.24) is 14.3 Å². The predicted octanol–water partition coefficient (Wildman–Crippen LogP) is 1.31. The van der Waals surface area contributed by atoms with E-state index in [2.05, 4.69) is 4.98 Å². The van der Waals surface area contributed by atoms with Crippen molar-refractivity contribution in [3.8, 4) is 0 Å². The molecular formula is C15H19N5O2. The number of fused-ring (bicyclic) bond motifs is 1. The highest BCUT2D eigenvalue weighted by Crippen LogP contribution is 2.28. The molecule has 0 aromatic carbocycles. The molecule has 116 valence electrons. The summed E-state index contributed by atoms with van der Waals surface area (Å²) < 4.78 is 1.88. The van der Waals surface area contributed by atoms with E-state index in [1.807, 2.05) is 36.7 Å². The maximum absolute atomic E-state index is 12.3. The molecule has 0 spiro atoms. The number of aryl methyl sites for hydroxylation is 1. The van der Waals surface area contributed by atoms with Crippen LogP contribution in [0.2, 0.25) is 0 Å². The van der Waals surface area contributed by atoms with Crippen LogP contribution in [-0.4, -0.2) is 39.8 Å². The van der Waals surface area contributed by atoms with Gasteiger partial charge in [0.2, 0.25) is 5.91 Å². The summed E-state index contributed by atoms with van der Waals surface area (Å²) in [7, 11) is 1.49. The molecule has 7 nitrogen and oxygen atoms in total. The van der Waals surface area contributed by atoms with Gasteiger partial charge in [0.1, 0.15) is 6.54 Å². The van der Waals surface area contributed by atoms with Gasteiger partial charge in [-0.05, 0) is 25.0 Å². The lowest BCUT2D eigenvalue weighted by molar-refractivity contribution is -0.123. The van der Waals surface area contributed by atoms with Gasteiger partial charge < -0.3 is 10.1 Å². The minimum absolute atomic E-state index is 0.0402. The van der Waals surface area contributed by atoms with E-state index in [1.54, 1.807) is 0 Å². The predicted molar refractivity (Wildman–Crippen MR) is 82.7 cm³/mol. The Bertz CT molecular complexity index is 765. The van der Waals surface area contributed by atoms with Gasteiger partial charge in [0.05, 0.1) is 11.4 Å². The van der Waals surface area contributed by atoms with Gasteiger partial charge in [-0.15, -0.1) is 0 Å². The van der Waals surface area contributed by atoms with Gasteiger partial charge in [-0.25, -0.2) is 9.78 Å². The second-order valence-electron chi connectivity index (χ2n) is 5.59. The highest BCUT2D eigenvalue weighted by atomic mass is 16.2. The average Bonchev–Trinajstić information content (AvgIpc) is 3.03. The van der Waals surface area contributed by atoms with E-state index in [-0.39, 0.29) is 24.5 Å². The minimum atomic E-state index is -0.328. The Morgan fingerprint density at radius 1 is 1.36 bits per heavy atom. The zero-order valence-electron chi connectivity index (χ0n) is 12.9. The Balaban J connectivity index is 2.19. The highest BCUT2D eigenvalue weighted by Gasteiger charge is 2.35. The van der Waals surface area contributed by atoms with Gasteiger partial charge >= 0.3 is 6.03 Å². The van der Waals surface area contributed by atoms with Crippen LogP contribution in [-0.2, 0) is 11.2 Å². The molecule has 0 bridgehead atoms. The van der Waals surface area contributed by atoms with E-state index in [0.717, 1.165) is 22.6 Å². The van der Waals surface area contributed by atoms with Crippen LogP contribution < -0.4 is 10.6 Å². The number of pyridine rings is 1. The molecule has 3 rings (SSSR count). The van der Waals surface area contributed by atoms with Crippen LogP contribution in [0.1, 0.15) is 31.1 Å². The van der Waals surface area contributed by atoms with Crippen LogP contribution in [0.4, 0.5) is 10.5 Å². The number of imide groups is 1. The summed E-state index contributed by atoms with van der Waals surface area (Å²) in [6.45, 7) is 3.94. The summed E-state index contributed by atoms with van der Waals surface area (Å²) in [6, 6.07) is 1.39. The molecule has 22 heavy (non-hydrogen) atoms. The fourth-order valence-corrected chi connectivity index (χ4v) is 2.55. The number of carbonyl (C=O) groups excluding carboxylic acids is 2. The van der Waals surface area contributed by atoms with Crippen LogP contribution in [0, 0.1) is 0 Å². The van der Waals surface area contributed by atoms with Gasteiger partial charge in [-0.2, -0.15) is 0 Å². The van der Waals surface area contributed by atoms with Crippen LogP contribution in [0.25, 0.3) is 5.65 Å². The van der Waals surface area contributed by atoms with Crippen molar-refractivity contribution in [3.05, 3.63) is 29.7 Å². The third kappa shape index (κ3) is 2.14. The fourth-order valence-electron chi connectivity index (χ4n) is 2.55. The molecule has 0 aliphatic carbocycles. The number of likely N-dealkylation sites (N-methyl/N-ethyl adjacent to an activating group) is 1. The topological polar surface area (TPSA) is 83.9 Å². The first-order valence-electron chi connectivity index (χ1n) is 7.27. The lowest BCUT2D eigenvalue weighted by Gasteiger charge is -2.16. The lowest BCUT2D eigenvalue weighted by atomic mass is 10.2. The highest BCUT2D eigenvalue weighted by molar-refractivity contribution is 6.13. The second-order valence-corrected chi connectivity index (χ2v) is 5.59. The van der Waals surface area contributed by atoms with Crippen molar-refractivity contribution in [2.24, 2.45) is 5.73 Å². The third-order valence-electron chi connectivity index (χ3n) is 3.96. The Morgan fingerprint density at radius 2 is 2.09 bits per heavy atom. The average molecular weight is 301 g/mol. The summed E-state index contributed by atoms with van der Waals surface area (Å²) in [5.41, 5.74) is 9.00. The molecule has 3 amide bonds. The van der Waals surface area contributed by atoms with Crippen LogP contribution in [0.3, 0.4) is 0 Å². The number of amides is 3. The van der Waals surface area contributed by atoms with Crippen LogP contribution in [0.5, 0.6) is 0 Å². The Kier molecular flexibility index (Phi) is 3.37. The lowest BCUT2D eigenvalue weighted by Crippen LogP contribution is -2.30. The summed E-state index contributed by atoms with van der Waals surface area (Å²) in [4.78, 5) is 31.2. The quantitative estimate of drug-likeness (QED) is 0.866. The molecule has 1 aliphatic heterocycles. The molecule has 2 aromatic rings. The van der Waals surface area contributed by atoms with E-state index in [1.165, 1.54) is 11.9 Å². The van der Waals surface area contributed by atoms with Gasteiger partial charge in [-0.3, -0.25) is 14.6 Å². The zero-order valence-corrected chi connectivity index (χ0v) is 12.9. The molecule has 0 saturated carbocycles. The summed E-state index contributed by atoms with van der Waals surface area (Å²) in [6.07, 6.45) is 4.67. The molecule has 2 N–H and O–H groups in total. The molecule has 7 heteroatoms. The Labute approximate surface area is 128 Å². The van der Waals surface area contributed by atoms with E-state index in [4.69, 9.17) is 5.73 Å². The van der Waals surface area contributed by atoms with Crippen molar-refractivity contribution in [2.75, 3.05) is 18.5 Å². The van der Waals surface area contributed by atoms with Crippen molar-refractivity contribution in [2.45, 2.75) is 26.3 Å². The number of carbonyl (C=O) groups is 2. The SMILES string of the molecule is CCc1cc(N2CC(=O)N(C)C2=O)c2nc([C@@H](C)N)cn2c1. The van der Waals surface area contributed by atoms with Crippen molar-refractivity contribution < 1.29 is 9.59 Å². The first-order chi connectivity index (χ1) is 10.4. The number of hydrogen-bond acceptors (Lipinski definition) is 4. The number of aromatic nitrogens is 2. The molecule has 2 aromatic heterocycles. The maximum atomic E-state index is 12.3. The third-order valence-corrected chi connectivity index (χ3v) is 3.96. The first kappa shape index (κ1) is 14.5. The Morgan fingerprint density at radius 3 is 2.64 bits per heavy atom. The second kappa shape index (κ2) is 5.10. The molecule has 1 saturated heterocycles. The number of nitrogens with two attached hydrogens (primary N) is 1. The first-order valence-corrected chi connectivity index (χ1v) is 7.27. The van der Waals surface area contributed by atoms with Gasteiger partial charge in [0.25, 0.3) is 0 Å². The van der Waals surface area contributed by atoms with Crippen molar-refractivity contribution >= 4 is 23.3 Å². The van der Waals surface area contributed by atoms with Gasteiger partial charge in [0.15, 0.2) is 5.65 Å². The largest absolute Gasteiger partial charge is 0.331 e. The number of hydrogen-bond donors (Lipinski definition) is 1. The number of nitrogens with zero attached hydrogens (tertiary/aromatic N) is 4. The summed E-state index contributed by atoms with van der Waals surface area (Å²) in [5.74, 6) is -0.218. The minimum Gasteiger partial charge on any atom is -0.323 e. The van der Waals surface area contributed by atoms with Gasteiger partial charge in [-0.1, -0.05) is 6.92 Å². The standard InChI is InChI=1S/C15H19N5O2/c1-4-10-5-12(20-8-13(21)18(3)15(20)22)14-17-11(9(2)16)7-19(14)6-10/h5-7,9H,4,8,16H2,1-3H3/t9-/m1/s1. The summed E-state index contributed by atoms with van der Waals surface area (Å²) >= 11 is 0. The van der Waals surface area contributed by atoms with E-state index >= 15 is 0 Å². The summed E-state index contributed by atoms with van der Waals surface area (Å²) in [5, 5.41) is 0. The van der Waals surface area contributed by atoms with Crippen LogP contribution in [0.15, 0.2) is 18.5 Å². The number of anilines is 1. The fraction of sp³-hybridized carbons (Fsp3) is 0.400. The van der Waals surface area contributed by atoms with E-state index in [9.17, 15) is 9.59 Å². The molecule has 1 atom stereocenters. The molecule has 1 fully saturated rings. The van der Waals surface area contributed by atoms with Crippen LogP contribution >= 0.6 is 0 Å². The molecule has 3 heterocycles. The molecule has 0 radical (unpaired) electrons. The maximum Gasteiger partial charge on any atom is 0.331 e. The smallest absolute Gasteiger partial charge is 0.323 e. The monoisotopic (exact) mass is 301 g/mol. The number of rotatable bonds is 3. The normalized spacial score (nSPS) is 16.9. The van der Waals surface area contributed by atoms with E-state index < -0.39 is 0 Å². The van der Waals surface area contributed by atoms with Crippen molar-refractivity contribution in [3.63, 3.8) is 0 Å². The molecule has 0 unspecified atom stereocenters. The molecular weight excluding hydrogens is 282 g/mol. The van der Waals surface area contributed by atoms with Gasteiger partial charge in [0, 0.05) is 25.5 Å². The number of imidazole rings is 1. The van der Waals surface area contributed by atoms with Crippen molar-refractivity contribution in [1.29, 1.82) is 0 Å². The van der Waals surface area contributed by atoms with E-state index in [0.29, 0.717) is 11.3 Å².